The smallest absolute Gasteiger partial charge is 0.338 e. The van der Waals surface area contributed by atoms with Crippen molar-refractivity contribution in [3.8, 4) is 0 Å². The Kier molecular flexibility index (Phi) is 3.92. The predicted molar refractivity (Wildman–Crippen MR) is 77.1 cm³/mol. The molecule has 1 heterocycles. The highest BCUT2D eigenvalue weighted by atomic mass is 16.5. The lowest BCUT2D eigenvalue weighted by atomic mass is 9.95. The fraction of sp³-hybridized carbons (Fsp3) is 0.562. The van der Waals surface area contributed by atoms with E-state index in [0.29, 0.717) is 5.56 Å². The standard InChI is InChI=1S/C16H21NO3/c1-19-13-3-2-4-14(10-13)20-16(18)12-6-5-11-7-8-17-15(11)9-12/h5-6,9,13-14,17H,2-4,7-8,10H2,1H3. The van der Waals surface area contributed by atoms with Gasteiger partial charge >= 0.3 is 5.97 Å². The summed E-state index contributed by atoms with van der Waals surface area (Å²) in [7, 11) is 1.72. The molecular weight excluding hydrogens is 254 g/mol. The molecule has 1 aliphatic carbocycles. The van der Waals surface area contributed by atoms with E-state index in [1.54, 1.807) is 7.11 Å². The molecule has 0 saturated heterocycles. The third-order valence-corrected chi connectivity index (χ3v) is 4.24. The van der Waals surface area contributed by atoms with Crippen LogP contribution in [0.3, 0.4) is 0 Å². The van der Waals surface area contributed by atoms with Gasteiger partial charge in [-0.05, 0) is 43.4 Å². The second-order valence-corrected chi connectivity index (χ2v) is 5.60. The molecule has 2 unspecified atom stereocenters. The van der Waals surface area contributed by atoms with Crippen LogP contribution in [0.5, 0.6) is 0 Å². The highest BCUT2D eigenvalue weighted by Gasteiger charge is 2.25. The summed E-state index contributed by atoms with van der Waals surface area (Å²) in [6.07, 6.45) is 5.11. The number of esters is 1. The van der Waals surface area contributed by atoms with E-state index in [0.717, 1.165) is 44.3 Å². The number of anilines is 1. The molecule has 108 valence electrons. The number of fused-ring (bicyclic) bond motifs is 1. The summed E-state index contributed by atoms with van der Waals surface area (Å²) in [5, 5.41) is 3.29. The molecular formula is C16H21NO3. The van der Waals surface area contributed by atoms with Crippen molar-refractivity contribution in [1.29, 1.82) is 0 Å². The van der Waals surface area contributed by atoms with Crippen LogP contribution in [0.1, 0.15) is 41.6 Å². The largest absolute Gasteiger partial charge is 0.459 e. The molecule has 1 aromatic carbocycles. The molecule has 2 atom stereocenters. The average Bonchev–Trinajstić information content (AvgIpc) is 2.94. The molecule has 0 bridgehead atoms. The lowest BCUT2D eigenvalue weighted by Gasteiger charge is -2.27. The molecule has 1 aliphatic heterocycles. The van der Waals surface area contributed by atoms with Crippen molar-refractivity contribution in [2.45, 2.75) is 44.3 Å². The van der Waals surface area contributed by atoms with Gasteiger partial charge in [0.25, 0.3) is 0 Å². The Balaban J connectivity index is 1.64. The Labute approximate surface area is 119 Å². The van der Waals surface area contributed by atoms with Crippen LogP contribution in [-0.4, -0.2) is 31.8 Å². The van der Waals surface area contributed by atoms with Gasteiger partial charge in [-0.2, -0.15) is 0 Å². The lowest BCUT2D eigenvalue weighted by Crippen LogP contribution is -2.29. The Morgan fingerprint density at radius 2 is 2.15 bits per heavy atom. The van der Waals surface area contributed by atoms with Crippen molar-refractivity contribution in [1.82, 2.24) is 0 Å². The highest BCUT2D eigenvalue weighted by Crippen LogP contribution is 2.26. The van der Waals surface area contributed by atoms with Gasteiger partial charge in [0.2, 0.25) is 0 Å². The molecule has 0 spiro atoms. The minimum Gasteiger partial charge on any atom is -0.459 e. The van der Waals surface area contributed by atoms with E-state index in [-0.39, 0.29) is 18.2 Å². The molecule has 1 fully saturated rings. The van der Waals surface area contributed by atoms with E-state index < -0.39 is 0 Å². The van der Waals surface area contributed by atoms with Crippen LogP contribution in [0.15, 0.2) is 18.2 Å². The van der Waals surface area contributed by atoms with Gasteiger partial charge in [-0.3, -0.25) is 0 Å². The van der Waals surface area contributed by atoms with Crippen molar-refractivity contribution in [3.05, 3.63) is 29.3 Å². The van der Waals surface area contributed by atoms with E-state index in [4.69, 9.17) is 9.47 Å². The SMILES string of the molecule is COC1CCCC(OC(=O)c2ccc3c(c2)NCC3)C1. The third-order valence-electron chi connectivity index (χ3n) is 4.24. The molecule has 1 aromatic rings. The van der Waals surface area contributed by atoms with E-state index in [9.17, 15) is 4.79 Å². The van der Waals surface area contributed by atoms with Crippen LogP contribution in [0.4, 0.5) is 5.69 Å². The number of carbonyl (C=O) groups is 1. The number of carbonyl (C=O) groups excluding carboxylic acids is 1. The number of rotatable bonds is 3. The zero-order valence-corrected chi connectivity index (χ0v) is 11.9. The van der Waals surface area contributed by atoms with Crippen LogP contribution < -0.4 is 5.32 Å². The first-order valence-electron chi connectivity index (χ1n) is 7.37. The summed E-state index contributed by atoms with van der Waals surface area (Å²) in [4.78, 5) is 12.2. The number of ether oxygens (including phenoxy) is 2. The van der Waals surface area contributed by atoms with Crippen LogP contribution in [0.2, 0.25) is 0 Å². The molecule has 4 nitrogen and oxygen atoms in total. The maximum Gasteiger partial charge on any atom is 0.338 e. The average molecular weight is 275 g/mol. The van der Waals surface area contributed by atoms with Crippen molar-refractivity contribution >= 4 is 11.7 Å². The van der Waals surface area contributed by atoms with Crippen LogP contribution >= 0.6 is 0 Å². The molecule has 0 amide bonds. The van der Waals surface area contributed by atoms with Gasteiger partial charge in [0.15, 0.2) is 0 Å². The van der Waals surface area contributed by atoms with Crippen LogP contribution in [0.25, 0.3) is 0 Å². The molecule has 20 heavy (non-hydrogen) atoms. The number of benzene rings is 1. The minimum absolute atomic E-state index is 0.0117. The molecule has 1 saturated carbocycles. The minimum atomic E-state index is -0.219. The molecule has 4 heteroatoms. The fourth-order valence-corrected chi connectivity index (χ4v) is 3.06. The second kappa shape index (κ2) is 5.83. The maximum absolute atomic E-state index is 12.2. The summed E-state index contributed by atoms with van der Waals surface area (Å²) >= 11 is 0. The Morgan fingerprint density at radius 1 is 1.30 bits per heavy atom. The van der Waals surface area contributed by atoms with Gasteiger partial charge in [-0.15, -0.1) is 0 Å². The summed E-state index contributed by atoms with van der Waals surface area (Å²) < 4.78 is 11.0. The molecule has 0 aromatic heterocycles. The quantitative estimate of drug-likeness (QED) is 0.862. The fourth-order valence-electron chi connectivity index (χ4n) is 3.06. The van der Waals surface area contributed by atoms with Gasteiger partial charge in [0.05, 0.1) is 11.7 Å². The summed E-state index contributed by atoms with van der Waals surface area (Å²) in [5.41, 5.74) is 2.98. The monoisotopic (exact) mass is 275 g/mol. The summed E-state index contributed by atoms with van der Waals surface area (Å²) in [6, 6.07) is 5.79. The van der Waals surface area contributed by atoms with Crippen LogP contribution in [0, 0.1) is 0 Å². The molecule has 3 rings (SSSR count). The summed E-state index contributed by atoms with van der Waals surface area (Å²) in [5.74, 6) is -0.219. The first-order valence-corrected chi connectivity index (χ1v) is 7.37. The highest BCUT2D eigenvalue weighted by molar-refractivity contribution is 5.91. The number of hydrogen-bond acceptors (Lipinski definition) is 4. The van der Waals surface area contributed by atoms with Crippen molar-refractivity contribution in [2.24, 2.45) is 0 Å². The van der Waals surface area contributed by atoms with E-state index in [2.05, 4.69) is 5.32 Å². The van der Waals surface area contributed by atoms with Crippen molar-refractivity contribution in [2.75, 3.05) is 19.0 Å². The number of nitrogens with one attached hydrogen (secondary N) is 1. The van der Waals surface area contributed by atoms with E-state index in [1.807, 2.05) is 18.2 Å². The maximum atomic E-state index is 12.2. The third kappa shape index (κ3) is 2.80. The molecule has 2 aliphatic rings. The molecule has 1 N–H and O–H groups in total. The van der Waals surface area contributed by atoms with Gasteiger partial charge < -0.3 is 14.8 Å². The Morgan fingerprint density at radius 3 is 3.00 bits per heavy atom. The Hall–Kier alpha value is -1.55. The first-order chi connectivity index (χ1) is 9.76. The zero-order valence-electron chi connectivity index (χ0n) is 11.9. The normalized spacial score (nSPS) is 24.9. The van der Waals surface area contributed by atoms with Crippen LogP contribution in [-0.2, 0) is 15.9 Å². The number of methoxy groups -OCH3 is 1. The van der Waals surface area contributed by atoms with Gasteiger partial charge in [0, 0.05) is 25.8 Å². The molecule has 0 radical (unpaired) electrons. The predicted octanol–water partition coefficient (Wildman–Crippen LogP) is 2.77. The second-order valence-electron chi connectivity index (χ2n) is 5.60. The lowest BCUT2D eigenvalue weighted by molar-refractivity contribution is -0.0149. The first kappa shape index (κ1) is 13.4. The van der Waals surface area contributed by atoms with Gasteiger partial charge in [0.1, 0.15) is 6.10 Å². The van der Waals surface area contributed by atoms with Crippen molar-refractivity contribution in [3.63, 3.8) is 0 Å². The van der Waals surface area contributed by atoms with Crippen molar-refractivity contribution < 1.29 is 14.3 Å². The zero-order chi connectivity index (χ0) is 13.9. The Bertz CT molecular complexity index is 500. The number of hydrogen-bond donors (Lipinski definition) is 1. The topological polar surface area (TPSA) is 47.6 Å². The van der Waals surface area contributed by atoms with Gasteiger partial charge in [-0.25, -0.2) is 4.79 Å². The summed E-state index contributed by atoms with van der Waals surface area (Å²) in [6.45, 7) is 0.950. The van der Waals surface area contributed by atoms with E-state index in [1.165, 1.54) is 5.56 Å². The van der Waals surface area contributed by atoms with Gasteiger partial charge in [-0.1, -0.05) is 6.07 Å². The van der Waals surface area contributed by atoms with E-state index >= 15 is 0 Å².